The number of nitro groups is 2. The van der Waals surface area contributed by atoms with Crippen molar-refractivity contribution < 1.29 is 24.5 Å². The molecule has 0 unspecified atom stereocenters. The Balaban J connectivity index is 1.83. The SMILES string of the molecule is O=C1S/C(=C\c2cc([N+](=O)[O-])ccc2O)C(=O)N1Cc1ccc([N+](=O)[O-])cc1. The molecule has 1 saturated heterocycles. The highest BCUT2D eigenvalue weighted by Crippen LogP contribution is 2.35. The van der Waals surface area contributed by atoms with E-state index in [0.717, 1.165) is 23.1 Å². The van der Waals surface area contributed by atoms with Crippen molar-refractivity contribution in [3.8, 4) is 5.75 Å². The number of non-ortho nitro benzene ring substituents is 2. The van der Waals surface area contributed by atoms with Crippen LogP contribution in [0.2, 0.25) is 0 Å². The Morgan fingerprint density at radius 3 is 2.21 bits per heavy atom. The topological polar surface area (TPSA) is 144 Å². The number of amides is 2. The fraction of sp³-hybridized carbons (Fsp3) is 0.0588. The first-order valence-corrected chi connectivity index (χ1v) is 8.54. The Kier molecular flexibility index (Phi) is 5.09. The summed E-state index contributed by atoms with van der Waals surface area (Å²) < 4.78 is 0. The van der Waals surface area contributed by atoms with E-state index >= 15 is 0 Å². The summed E-state index contributed by atoms with van der Waals surface area (Å²) >= 11 is 0.636. The molecule has 2 aromatic rings. The fourth-order valence-corrected chi connectivity index (χ4v) is 3.28. The number of benzene rings is 2. The van der Waals surface area contributed by atoms with E-state index in [1.165, 1.54) is 30.3 Å². The van der Waals surface area contributed by atoms with Crippen molar-refractivity contribution in [1.82, 2.24) is 4.90 Å². The average Bonchev–Trinajstić information content (AvgIpc) is 2.91. The van der Waals surface area contributed by atoms with Gasteiger partial charge < -0.3 is 5.11 Å². The highest BCUT2D eigenvalue weighted by atomic mass is 32.2. The molecule has 0 bridgehead atoms. The number of phenols is 1. The van der Waals surface area contributed by atoms with Crippen LogP contribution in [0.25, 0.3) is 6.08 Å². The molecule has 2 aromatic carbocycles. The molecule has 1 fully saturated rings. The minimum Gasteiger partial charge on any atom is -0.507 e. The van der Waals surface area contributed by atoms with Crippen LogP contribution in [0.5, 0.6) is 5.75 Å². The number of nitrogens with zero attached hydrogens (tertiary/aromatic N) is 3. The van der Waals surface area contributed by atoms with Gasteiger partial charge in [0.1, 0.15) is 5.75 Å². The lowest BCUT2D eigenvalue weighted by molar-refractivity contribution is -0.385. The van der Waals surface area contributed by atoms with Crippen molar-refractivity contribution in [1.29, 1.82) is 0 Å². The van der Waals surface area contributed by atoms with E-state index in [2.05, 4.69) is 0 Å². The second-order valence-electron chi connectivity index (χ2n) is 5.69. The predicted molar refractivity (Wildman–Crippen MR) is 99.4 cm³/mol. The zero-order chi connectivity index (χ0) is 20.4. The Morgan fingerprint density at radius 1 is 1.00 bits per heavy atom. The maximum absolute atomic E-state index is 12.5. The zero-order valence-corrected chi connectivity index (χ0v) is 14.8. The van der Waals surface area contributed by atoms with Crippen molar-refractivity contribution in [2.75, 3.05) is 0 Å². The van der Waals surface area contributed by atoms with Crippen molar-refractivity contribution >= 4 is 40.4 Å². The van der Waals surface area contributed by atoms with E-state index < -0.39 is 21.0 Å². The molecule has 1 N–H and O–H groups in total. The van der Waals surface area contributed by atoms with Crippen LogP contribution in [-0.2, 0) is 11.3 Å². The van der Waals surface area contributed by atoms with E-state index in [1.54, 1.807) is 0 Å². The van der Waals surface area contributed by atoms with Gasteiger partial charge in [-0.2, -0.15) is 0 Å². The molecular formula is C17H11N3O7S. The Hall–Kier alpha value is -3.73. The van der Waals surface area contributed by atoms with Gasteiger partial charge in [0.25, 0.3) is 22.5 Å². The van der Waals surface area contributed by atoms with E-state index in [1.807, 2.05) is 0 Å². The maximum Gasteiger partial charge on any atom is 0.293 e. The molecule has 0 aromatic heterocycles. The highest BCUT2D eigenvalue weighted by Gasteiger charge is 2.35. The minimum atomic E-state index is -0.642. The maximum atomic E-state index is 12.5. The van der Waals surface area contributed by atoms with Crippen molar-refractivity contribution in [2.24, 2.45) is 0 Å². The molecular weight excluding hydrogens is 390 g/mol. The van der Waals surface area contributed by atoms with Crippen molar-refractivity contribution in [2.45, 2.75) is 6.54 Å². The average molecular weight is 401 g/mol. The number of hydrogen-bond acceptors (Lipinski definition) is 8. The number of imide groups is 1. The molecule has 142 valence electrons. The number of carbonyl (C=O) groups excluding carboxylic acids is 2. The Bertz CT molecular complexity index is 1030. The summed E-state index contributed by atoms with van der Waals surface area (Å²) in [6.45, 7) is -0.0824. The molecule has 0 radical (unpaired) electrons. The lowest BCUT2D eigenvalue weighted by atomic mass is 10.1. The van der Waals surface area contributed by atoms with Gasteiger partial charge in [-0.3, -0.25) is 34.7 Å². The van der Waals surface area contributed by atoms with Gasteiger partial charge >= 0.3 is 0 Å². The first kappa shape index (κ1) is 19.0. The molecule has 10 nitrogen and oxygen atoms in total. The van der Waals surface area contributed by atoms with E-state index in [4.69, 9.17) is 0 Å². The molecule has 0 atom stereocenters. The summed E-state index contributed by atoms with van der Waals surface area (Å²) in [6.07, 6.45) is 1.21. The van der Waals surface area contributed by atoms with Gasteiger partial charge in [-0.25, -0.2) is 0 Å². The minimum absolute atomic E-state index is 0.00251. The number of rotatable bonds is 5. The lowest BCUT2D eigenvalue weighted by Crippen LogP contribution is -2.27. The normalized spacial score (nSPS) is 15.3. The molecule has 1 aliphatic rings. The molecule has 3 rings (SSSR count). The Labute approximate surface area is 161 Å². The summed E-state index contributed by atoms with van der Waals surface area (Å²) in [6, 6.07) is 8.77. The summed E-state index contributed by atoms with van der Waals surface area (Å²) in [5.41, 5.74) is 0.176. The van der Waals surface area contributed by atoms with Crippen LogP contribution in [0, 0.1) is 20.2 Å². The van der Waals surface area contributed by atoms with E-state index in [0.29, 0.717) is 17.3 Å². The lowest BCUT2D eigenvalue weighted by Gasteiger charge is -2.12. The third-order valence-electron chi connectivity index (χ3n) is 3.87. The summed E-state index contributed by atoms with van der Waals surface area (Å²) in [5.74, 6) is -0.896. The molecule has 2 amide bonds. The second kappa shape index (κ2) is 7.48. The summed E-state index contributed by atoms with van der Waals surface area (Å²) in [4.78, 5) is 46.0. The van der Waals surface area contributed by atoms with Crippen LogP contribution in [0.15, 0.2) is 47.4 Å². The Morgan fingerprint density at radius 2 is 1.61 bits per heavy atom. The van der Waals surface area contributed by atoms with Gasteiger partial charge in [0.15, 0.2) is 0 Å². The largest absolute Gasteiger partial charge is 0.507 e. The number of phenolic OH excluding ortho intramolecular Hbond substituents is 1. The van der Waals surface area contributed by atoms with E-state index in [9.17, 15) is 34.9 Å². The first-order chi connectivity index (χ1) is 13.3. The molecule has 28 heavy (non-hydrogen) atoms. The number of carbonyl (C=O) groups is 2. The first-order valence-electron chi connectivity index (χ1n) is 7.72. The molecule has 1 aliphatic heterocycles. The summed E-state index contributed by atoms with van der Waals surface area (Å²) in [5, 5.41) is 30.9. The molecule has 0 spiro atoms. The van der Waals surface area contributed by atoms with Gasteiger partial charge in [-0.1, -0.05) is 12.1 Å². The number of aromatic hydroxyl groups is 1. The van der Waals surface area contributed by atoms with Gasteiger partial charge in [0, 0.05) is 29.8 Å². The van der Waals surface area contributed by atoms with Crippen LogP contribution >= 0.6 is 11.8 Å². The quantitative estimate of drug-likeness (QED) is 0.456. The van der Waals surface area contributed by atoms with Gasteiger partial charge in [0.05, 0.1) is 21.3 Å². The highest BCUT2D eigenvalue weighted by molar-refractivity contribution is 8.18. The van der Waals surface area contributed by atoms with Crippen molar-refractivity contribution in [3.63, 3.8) is 0 Å². The molecule has 1 heterocycles. The predicted octanol–water partition coefficient (Wildman–Crippen LogP) is 3.45. The van der Waals surface area contributed by atoms with Crippen LogP contribution in [0.4, 0.5) is 16.2 Å². The van der Waals surface area contributed by atoms with Gasteiger partial charge in [-0.05, 0) is 29.5 Å². The standard InChI is InChI=1S/C17H11N3O7S/c21-14-6-5-13(20(26)27)7-11(14)8-15-16(22)18(17(23)28-15)9-10-1-3-12(4-2-10)19(24)25/h1-8,21H,9H2/b15-8-. The fourth-order valence-electron chi connectivity index (χ4n) is 2.45. The van der Waals surface area contributed by atoms with Crippen LogP contribution < -0.4 is 0 Å². The van der Waals surface area contributed by atoms with Gasteiger partial charge in [0.2, 0.25) is 0 Å². The van der Waals surface area contributed by atoms with Crippen LogP contribution in [0.1, 0.15) is 11.1 Å². The molecule has 0 saturated carbocycles. The van der Waals surface area contributed by atoms with Crippen LogP contribution in [0.3, 0.4) is 0 Å². The summed E-state index contributed by atoms with van der Waals surface area (Å²) in [7, 11) is 0. The third-order valence-corrected chi connectivity index (χ3v) is 4.78. The third kappa shape index (κ3) is 3.83. The number of nitro benzene ring substituents is 2. The van der Waals surface area contributed by atoms with Gasteiger partial charge in [-0.15, -0.1) is 0 Å². The second-order valence-corrected chi connectivity index (χ2v) is 6.68. The smallest absolute Gasteiger partial charge is 0.293 e. The van der Waals surface area contributed by atoms with Crippen molar-refractivity contribution in [3.05, 3.63) is 78.7 Å². The number of hydrogen-bond donors (Lipinski definition) is 1. The zero-order valence-electron chi connectivity index (χ0n) is 14.0. The monoisotopic (exact) mass is 401 g/mol. The van der Waals surface area contributed by atoms with Crippen LogP contribution in [-0.4, -0.2) is 31.0 Å². The molecule has 11 heteroatoms. The molecule has 0 aliphatic carbocycles. The number of thioether (sulfide) groups is 1. The van der Waals surface area contributed by atoms with E-state index in [-0.39, 0.29) is 34.1 Å².